The first-order valence-electron chi connectivity index (χ1n) is 4.83. The van der Waals surface area contributed by atoms with E-state index in [4.69, 9.17) is 0 Å². The summed E-state index contributed by atoms with van der Waals surface area (Å²) in [6.45, 7) is 1.95. The zero-order chi connectivity index (χ0) is 11.7. The molecule has 15 heavy (non-hydrogen) atoms. The number of amides is 2. The fourth-order valence-electron chi connectivity index (χ4n) is 0.817. The third-order valence-corrected chi connectivity index (χ3v) is 1.65. The number of nitrogens with one attached hydrogen (secondary N) is 2. The molecule has 0 radical (unpaired) electrons. The lowest BCUT2D eigenvalue weighted by atomic mass is 10.2. The predicted octanol–water partition coefficient (Wildman–Crippen LogP) is -1.15. The normalized spacial score (nSPS) is 9.40. The number of hydrazine groups is 1. The first-order valence-corrected chi connectivity index (χ1v) is 4.83. The molecule has 0 aliphatic heterocycles. The van der Waals surface area contributed by atoms with Crippen LogP contribution >= 0.6 is 0 Å². The van der Waals surface area contributed by atoms with Crippen LogP contribution in [0.5, 0.6) is 0 Å². The zero-order valence-electron chi connectivity index (χ0n) is 8.67. The van der Waals surface area contributed by atoms with Crippen LogP contribution in [0.3, 0.4) is 0 Å². The Kier molecular flexibility index (Phi) is 6.96. The van der Waals surface area contributed by atoms with Gasteiger partial charge in [0.05, 0.1) is 0 Å². The number of carbonyl (C=O) groups excluding carboxylic acids is 3. The van der Waals surface area contributed by atoms with Crippen LogP contribution < -0.4 is 16.0 Å². The van der Waals surface area contributed by atoms with Crippen molar-refractivity contribution in [3.05, 3.63) is 0 Å². The Morgan fingerprint density at radius 1 is 1.00 bits per heavy atom. The van der Waals surface area contributed by atoms with Crippen LogP contribution in [-0.4, -0.2) is 17.8 Å². The van der Waals surface area contributed by atoms with Crippen LogP contribution in [0.15, 0.2) is 0 Å². The Hall–Kier alpha value is -1.59. The highest BCUT2D eigenvalue weighted by Crippen LogP contribution is 1.92. The van der Waals surface area contributed by atoms with Gasteiger partial charge in [-0.25, -0.2) is 0 Å². The van der Waals surface area contributed by atoms with E-state index in [2.05, 4.69) is 10.9 Å². The van der Waals surface area contributed by atoms with Gasteiger partial charge in [-0.2, -0.15) is 0 Å². The van der Waals surface area contributed by atoms with Crippen LogP contribution in [0.4, 0.5) is 0 Å². The summed E-state index contributed by atoms with van der Waals surface area (Å²) >= 11 is 0. The van der Waals surface area contributed by atoms with Gasteiger partial charge in [0.15, 0.2) is 0 Å². The van der Waals surface area contributed by atoms with Crippen molar-refractivity contribution in [2.24, 2.45) is 0 Å². The molecule has 0 atom stereocenters. The van der Waals surface area contributed by atoms with Crippen molar-refractivity contribution in [3.63, 3.8) is 0 Å². The maximum absolute atomic E-state index is 11.0. The number of hydrogen-bond donors (Lipinski definition) is 2. The van der Waals surface area contributed by atoms with Crippen LogP contribution in [0.2, 0.25) is 0 Å². The van der Waals surface area contributed by atoms with Gasteiger partial charge < -0.3 is 9.90 Å². The molecule has 2 amide bonds. The summed E-state index contributed by atoms with van der Waals surface area (Å²) in [6, 6.07) is 0. The number of hydrogen-bond acceptors (Lipinski definition) is 4. The van der Waals surface area contributed by atoms with Crippen molar-refractivity contribution >= 4 is 17.8 Å². The van der Waals surface area contributed by atoms with E-state index in [9.17, 15) is 19.5 Å². The molecule has 0 aliphatic rings. The molecule has 0 spiro atoms. The quantitative estimate of drug-likeness (QED) is 0.547. The number of carboxylic acid groups (broad SMARTS) is 1. The van der Waals surface area contributed by atoms with Gasteiger partial charge in [-0.05, 0) is 12.8 Å². The van der Waals surface area contributed by atoms with E-state index in [0.29, 0.717) is 6.42 Å². The summed E-state index contributed by atoms with van der Waals surface area (Å²) in [4.78, 5) is 31.9. The van der Waals surface area contributed by atoms with Crippen molar-refractivity contribution in [3.8, 4) is 0 Å². The number of aliphatic carboxylic acids is 1. The molecule has 86 valence electrons. The highest BCUT2D eigenvalue weighted by atomic mass is 16.4. The highest BCUT2D eigenvalue weighted by Gasteiger charge is 2.03. The van der Waals surface area contributed by atoms with Gasteiger partial charge >= 0.3 is 0 Å². The molecule has 0 rings (SSSR count). The van der Waals surface area contributed by atoms with Crippen molar-refractivity contribution in [2.45, 2.75) is 39.0 Å². The summed E-state index contributed by atoms with van der Waals surface area (Å²) in [6.07, 6.45) is 1.44. The molecule has 2 N–H and O–H groups in total. The van der Waals surface area contributed by atoms with Crippen molar-refractivity contribution in [1.29, 1.82) is 0 Å². The Morgan fingerprint density at radius 2 is 1.53 bits per heavy atom. The molecule has 0 saturated heterocycles. The van der Waals surface area contributed by atoms with E-state index in [-0.39, 0.29) is 18.7 Å². The molecule has 0 unspecified atom stereocenters. The van der Waals surface area contributed by atoms with Gasteiger partial charge in [0.2, 0.25) is 11.8 Å². The van der Waals surface area contributed by atoms with Crippen molar-refractivity contribution in [1.82, 2.24) is 10.9 Å². The fourth-order valence-corrected chi connectivity index (χ4v) is 0.817. The maximum atomic E-state index is 11.0. The Labute approximate surface area is 88.0 Å². The van der Waals surface area contributed by atoms with E-state index in [1.807, 2.05) is 6.92 Å². The minimum absolute atomic E-state index is 0.198. The fraction of sp³-hybridized carbons (Fsp3) is 0.667. The van der Waals surface area contributed by atoms with Crippen LogP contribution in [-0.2, 0) is 14.4 Å². The summed E-state index contributed by atoms with van der Waals surface area (Å²) in [5.74, 6) is -2.11. The topological polar surface area (TPSA) is 98.3 Å². The molecule has 0 saturated carbocycles. The molecule has 0 aliphatic carbocycles. The lowest BCUT2D eigenvalue weighted by Crippen LogP contribution is -2.41. The molecule has 0 fully saturated rings. The summed E-state index contributed by atoms with van der Waals surface area (Å²) in [5, 5.41) is 10.0. The second kappa shape index (κ2) is 7.78. The second-order valence-corrected chi connectivity index (χ2v) is 3.07. The monoisotopic (exact) mass is 215 g/mol. The largest absolute Gasteiger partial charge is 0.550 e. The average molecular weight is 215 g/mol. The number of unbranched alkanes of at least 4 members (excludes halogenated alkanes) is 1. The van der Waals surface area contributed by atoms with E-state index in [1.165, 1.54) is 0 Å². The standard InChI is InChI=1S/C9H16N2O4/c1-2-3-4-7(12)10-11-8(13)5-6-9(14)15/h2-6H2,1H3,(H,10,12)(H,11,13)(H,14,15)/p-1. The van der Waals surface area contributed by atoms with E-state index < -0.39 is 11.9 Å². The van der Waals surface area contributed by atoms with Crippen molar-refractivity contribution < 1.29 is 19.5 Å². The minimum atomic E-state index is -1.29. The third kappa shape index (κ3) is 8.73. The molecular weight excluding hydrogens is 200 g/mol. The summed E-state index contributed by atoms with van der Waals surface area (Å²) in [7, 11) is 0. The lowest BCUT2D eigenvalue weighted by Gasteiger charge is -2.06. The number of rotatable bonds is 6. The summed E-state index contributed by atoms with van der Waals surface area (Å²) in [5.41, 5.74) is 4.31. The summed E-state index contributed by atoms with van der Waals surface area (Å²) < 4.78 is 0. The van der Waals surface area contributed by atoms with Gasteiger partial charge in [-0.15, -0.1) is 0 Å². The zero-order valence-corrected chi connectivity index (χ0v) is 8.67. The minimum Gasteiger partial charge on any atom is -0.550 e. The average Bonchev–Trinajstić information content (AvgIpc) is 2.20. The molecule has 6 heteroatoms. The molecule has 0 aromatic rings. The third-order valence-electron chi connectivity index (χ3n) is 1.65. The van der Waals surface area contributed by atoms with Gasteiger partial charge in [0.1, 0.15) is 0 Å². The Balaban J connectivity index is 3.53. The van der Waals surface area contributed by atoms with Gasteiger partial charge in [-0.3, -0.25) is 20.4 Å². The van der Waals surface area contributed by atoms with Gasteiger partial charge in [-0.1, -0.05) is 13.3 Å². The number of carbonyl (C=O) groups is 3. The van der Waals surface area contributed by atoms with Crippen molar-refractivity contribution in [2.75, 3.05) is 0 Å². The van der Waals surface area contributed by atoms with Gasteiger partial charge in [0, 0.05) is 18.8 Å². The van der Waals surface area contributed by atoms with Crippen LogP contribution in [0.25, 0.3) is 0 Å². The van der Waals surface area contributed by atoms with Crippen LogP contribution in [0, 0.1) is 0 Å². The van der Waals surface area contributed by atoms with E-state index >= 15 is 0 Å². The molecule has 0 aromatic heterocycles. The molecule has 0 heterocycles. The first-order chi connectivity index (χ1) is 7.06. The lowest BCUT2D eigenvalue weighted by molar-refractivity contribution is -0.305. The van der Waals surface area contributed by atoms with E-state index in [0.717, 1.165) is 12.8 Å². The number of carboxylic acids is 1. The first kappa shape index (κ1) is 13.4. The SMILES string of the molecule is CCCCC(=O)NNC(=O)CCC(=O)[O-]. The molecular formula is C9H15N2O4-. The highest BCUT2D eigenvalue weighted by molar-refractivity contribution is 5.83. The smallest absolute Gasteiger partial charge is 0.238 e. The Bertz CT molecular complexity index is 240. The molecule has 0 aromatic carbocycles. The molecule has 0 bridgehead atoms. The van der Waals surface area contributed by atoms with Gasteiger partial charge in [0.25, 0.3) is 0 Å². The second-order valence-electron chi connectivity index (χ2n) is 3.07. The molecule has 6 nitrogen and oxygen atoms in total. The predicted molar refractivity (Wildman–Crippen MR) is 50.1 cm³/mol. The Morgan fingerprint density at radius 3 is 2.00 bits per heavy atom. The maximum Gasteiger partial charge on any atom is 0.238 e. The van der Waals surface area contributed by atoms with Crippen LogP contribution in [0.1, 0.15) is 39.0 Å². The van der Waals surface area contributed by atoms with E-state index in [1.54, 1.807) is 0 Å².